The fraction of sp³-hybridized carbons (Fsp3) is 0.833. The largest absolute Gasteiger partial charge is 0.306 e. The molecule has 0 radical (unpaired) electrons. The summed E-state index contributed by atoms with van der Waals surface area (Å²) in [6, 6.07) is -0.170. The lowest BCUT2D eigenvalue weighted by molar-refractivity contribution is -0.134. The minimum Gasteiger partial charge on any atom is -0.306 e. The highest BCUT2D eigenvalue weighted by molar-refractivity contribution is 6.00. The molecule has 0 aromatic heterocycles. The lowest BCUT2D eigenvalue weighted by Gasteiger charge is -2.21. The number of piperidine rings is 1. The van der Waals surface area contributed by atoms with Crippen molar-refractivity contribution in [3.63, 3.8) is 0 Å². The molecule has 1 saturated heterocycles. The van der Waals surface area contributed by atoms with Crippen molar-refractivity contribution >= 4 is 11.8 Å². The number of unbranched alkanes of at least 4 members (excludes halogenated alkanes) is 1. The predicted molar refractivity (Wildman–Crippen MR) is 62.9 cm³/mol. The van der Waals surface area contributed by atoms with Crippen LogP contribution in [0.25, 0.3) is 0 Å². The van der Waals surface area contributed by atoms with Crippen LogP contribution in [0.5, 0.6) is 0 Å². The molecule has 4 nitrogen and oxygen atoms in total. The minimum absolute atomic E-state index is 0.150. The molecular formula is C12H22N2O2. The molecule has 1 fully saturated rings. The van der Waals surface area contributed by atoms with Gasteiger partial charge in [0.15, 0.2) is 0 Å². The van der Waals surface area contributed by atoms with Crippen molar-refractivity contribution in [3.05, 3.63) is 0 Å². The molecule has 2 N–H and O–H groups in total. The molecule has 92 valence electrons. The summed E-state index contributed by atoms with van der Waals surface area (Å²) < 4.78 is 0. The van der Waals surface area contributed by atoms with E-state index in [4.69, 9.17) is 0 Å². The Kier molecular flexibility index (Phi) is 5.46. The highest BCUT2D eigenvalue weighted by Crippen LogP contribution is 2.07. The highest BCUT2D eigenvalue weighted by Gasteiger charge is 2.25. The van der Waals surface area contributed by atoms with Gasteiger partial charge in [-0.25, -0.2) is 0 Å². The molecule has 0 aromatic rings. The molecule has 0 spiro atoms. The zero-order valence-corrected chi connectivity index (χ0v) is 10.2. The second kappa shape index (κ2) is 6.63. The van der Waals surface area contributed by atoms with Crippen molar-refractivity contribution < 1.29 is 9.59 Å². The summed E-state index contributed by atoms with van der Waals surface area (Å²) in [7, 11) is 0. The second-order valence-corrected chi connectivity index (χ2v) is 4.85. The maximum atomic E-state index is 11.4. The fourth-order valence-electron chi connectivity index (χ4n) is 1.84. The van der Waals surface area contributed by atoms with Crippen molar-refractivity contribution in [3.8, 4) is 0 Å². The van der Waals surface area contributed by atoms with Gasteiger partial charge in [-0.15, -0.1) is 0 Å². The van der Waals surface area contributed by atoms with Crippen LogP contribution in [0.2, 0.25) is 0 Å². The maximum Gasteiger partial charge on any atom is 0.243 e. The molecule has 0 saturated carbocycles. The van der Waals surface area contributed by atoms with Gasteiger partial charge in [-0.1, -0.05) is 26.7 Å². The Labute approximate surface area is 97.2 Å². The molecule has 1 aliphatic rings. The van der Waals surface area contributed by atoms with E-state index in [0.29, 0.717) is 12.8 Å². The van der Waals surface area contributed by atoms with Gasteiger partial charge in [0.2, 0.25) is 11.8 Å². The normalized spacial score (nSPS) is 21.3. The number of rotatable bonds is 6. The van der Waals surface area contributed by atoms with Gasteiger partial charge >= 0.3 is 0 Å². The topological polar surface area (TPSA) is 58.2 Å². The summed E-state index contributed by atoms with van der Waals surface area (Å²) in [6.07, 6.45) is 4.61. The van der Waals surface area contributed by atoms with E-state index >= 15 is 0 Å². The van der Waals surface area contributed by atoms with Crippen LogP contribution in [0.4, 0.5) is 0 Å². The van der Waals surface area contributed by atoms with Crippen LogP contribution in [0.1, 0.15) is 46.0 Å². The molecule has 4 heteroatoms. The van der Waals surface area contributed by atoms with E-state index in [1.807, 2.05) is 0 Å². The zero-order valence-electron chi connectivity index (χ0n) is 10.2. The van der Waals surface area contributed by atoms with E-state index in [9.17, 15) is 9.59 Å². The van der Waals surface area contributed by atoms with Crippen LogP contribution in [0, 0.1) is 5.92 Å². The first-order chi connectivity index (χ1) is 7.59. The van der Waals surface area contributed by atoms with Gasteiger partial charge in [0, 0.05) is 6.42 Å². The summed E-state index contributed by atoms with van der Waals surface area (Å²) >= 11 is 0. The summed E-state index contributed by atoms with van der Waals surface area (Å²) in [5, 5.41) is 5.55. The minimum atomic E-state index is -0.170. The first kappa shape index (κ1) is 13.2. The van der Waals surface area contributed by atoms with Gasteiger partial charge < -0.3 is 5.32 Å². The van der Waals surface area contributed by atoms with Crippen molar-refractivity contribution in [1.82, 2.24) is 10.6 Å². The molecule has 1 heterocycles. The summed E-state index contributed by atoms with van der Waals surface area (Å²) in [6.45, 7) is 5.29. The number of hydrogen-bond donors (Lipinski definition) is 2. The maximum absolute atomic E-state index is 11.4. The van der Waals surface area contributed by atoms with Crippen molar-refractivity contribution in [2.75, 3.05) is 6.54 Å². The Morgan fingerprint density at radius 1 is 1.38 bits per heavy atom. The Morgan fingerprint density at radius 2 is 2.12 bits per heavy atom. The van der Waals surface area contributed by atoms with Gasteiger partial charge in [-0.2, -0.15) is 0 Å². The molecule has 1 aliphatic heterocycles. The second-order valence-electron chi connectivity index (χ2n) is 4.85. The van der Waals surface area contributed by atoms with Crippen LogP contribution in [-0.4, -0.2) is 24.4 Å². The van der Waals surface area contributed by atoms with E-state index in [-0.39, 0.29) is 17.9 Å². The Morgan fingerprint density at radius 3 is 2.75 bits per heavy atom. The average molecular weight is 226 g/mol. The number of carbonyl (C=O) groups is 2. The predicted octanol–water partition coefficient (Wildman–Crippen LogP) is 1.21. The highest BCUT2D eigenvalue weighted by atomic mass is 16.2. The van der Waals surface area contributed by atoms with Gasteiger partial charge in [0.05, 0.1) is 6.04 Å². The van der Waals surface area contributed by atoms with E-state index in [1.165, 1.54) is 12.8 Å². The monoisotopic (exact) mass is 226 g/mol. The quantitative estimate of drug-likeness (QED) is 0.528. The molecule has 16 heavy (non-hydrogen) atoms. The Hall–Kier alpha value is -0.900. The lowest BCUT2D eigenvalue weighted by Crippen LogP contribution is -2.50. The van der Waals surface area contributed by atoms with Crippen LogP contribution in [0.3, 0.4) is 0 Å². The Balaban J connectivity index is 2.09. The zero-order chi connectivity index (χ0) is 12.0. The number of amides is 2. The summed E-state index contributed by atoms with van der Waals surface area (Å²) in [4.78, 5) is 22.3. The fourth-order valence-corrected chi connectivity index (χ4v) is 1.84. The molecular weight excluding hydrogens is 204 g/mol. The van der Waals surface area contributed by atoms with Crippen LogP contribution in [-0.2, 0) is 9.59 Å². The SMILES string of the molecule is CC(C)CCCCNC1CCC(=O)NC1=O. The number of imide groups is 1. The molecule has 0 aliphatic carbocycles. The van der Waals surface area contributed by atoms with E-state index in [2.05, 4.69) is 24.5 Å². The van der Waals surface area contributed by atoms with Crippen molar-refractivity contribution in [1.29, 1.82) is 0 Å². The molecule has 1 atom stereocenters. The average Bonchev–Trinajstić information content (AvgIpc) is 2.20. The molecule has 0 aromatic carbocycles. The van der Waals surface area contributed by atoms with Crippen molar-refractivity contribution in [2.45, 2.75) is 52.0 Å². The third kappa shape index (κ3) is 4.75. The molecule has 0 bridgehead atoms. The van der Waals surface area contributed by atoms with Gasteiger partial charge in [0.1, 0.15) is 0 Å². The number of carbonyl (C=O) groups excluding carboxylic acids is 2. The van der Waals surface area contributed by atoms with E-state index < -0.39 is 0 Å². The first-order valence-corrected chi connectivity index (χ1v) is 6.16. The first-order valence-electron chi connectivity index (χ1n) is 6.16. The smallest absolute Gasteiger partial charge is 0.243 e. The van der Waals surface area contributed by atoms with Gasteiger partial charge in [0.25, 0.3) is 0 Å². The summed E-state index contributed by atoms with van der Waals surface area (Å²) in [5.74, 6) is 0.429. The number of hydrogen-bond acceptors (Lipinski definition) is 3. The standard InChI is InChI=1S/C12H22N2O2/c1-9(2)5-3-4-8-13-10-6-7-11(15)14-12(10)16/h9-10,13H,3-8H2,1-2H3,(H,14,15,16). The molecule has 1 rings (SSSR count). The summed E-state index contributed by atoms with van der Waals surface area (Å²) in [5.41, 5.74) is 0. The van der Waals surface area contributed by atoms with Crippen LogP contribution >= 0.6 is 0 Å². The van der Waals surface area contributed by atoms with Crippen LogP contribution in [0.15, 0.2) is 0 Å². The Bertz CT molecular complexity index is 251. The van der Waals surface area contributed by atoms with E-state index in [1.54, 1.807) is 0 Å². The van der Waals surface area contributed by atoms with Gasteiger partial charge in [-0.05, 0) is 25.3 Å². The van der Waals surface area contributed by atoms with Crippen molar-refractivity contribution in [2.24, 2.45) is 5.92 Å². The third-order valence-electron chi connectivity index (χ3n) is 2.84. The van der Waals surface area contributed by atoms with E-state index in [0.717, 1.165) is 18.9 Å². The molecule has 1 unspecified atom stereocenters. The van der Waals surface area contributed by atoms with Crippen LogP contribution < -0.4 is 10.6 Å². The molecule has 2 amide bonds. The van der Waals surface area contributed by atoms with Gasteiger partial charge in [-0.3, -0.25) is 14.9 Å². The third-order valence-corrected chi connectivity index (χ3v) is 2.84. The lowest BCUT2D eigenvalue weighted by atomic mass is 10.0. The number of nitrogens with one attached hydrogen (secondary N) is 2.